The molecule has 16 heavy (non-hydrogen) atoms. The Morgan fingerprint density at radius 3 is 2.19 bits per heavy atom. The monoisotopic (exact) mass is 242 g/mol. The molecule has 0 aliphatic heterocycles. The van der Waals surface area contributed by atoms with Crippen molar-refractivity contribution in [3.05, 3.63) is 17.5 Å². The van der Waals surface area contributed by atoms with E-state index in [0.717, 1.165) is 6.20 Å². The number of hydrogen-bond donors (Lipinski definition) is 0. The first kappa shape index (κ1) is 12.9. The van der Waals surface area contributed by atoms with E-state index in [2.05, 4.69) is 5.10 Å². The maximum atomic E-state index is 12.5. The summed E-state index contributed by atoms with van der Waals surface area (Å²) >= 11 is 0. The van der Waals surface area contributed by atoms with Crippen molar-refractivity contribution in [3.63, 3.8) is 0 Å². The van der Waals surface area contributed by atoms with Crippen LogP contribution in [-0.2, 0) is 6.54 Å². The molecule has 0 unspecified atom stereocenters. The Hall–Kier alpha value is -1.14. The second-order valence-corrected chi connectivity index (χ2v) is 3.74. The third kappa shape index (κ3) is 3.18. The smallest absolute Gasteiger partial charge is 0.263 e. The number of aromatic nitrogens is 2. The van der Waals surface area contributed by atoms with Gasteiger partial charge < -0.3 is 0 Å². The van der Waals surface area contributed by atoms with Crippen LogP contribution in [0, 0.1) is 0 Å². The maximum Gasteiger partial charge on any atom is 0.408 e. The summed E-state index contributed by atoms with van der Waals surface area (Å²) < 4.78 is 61.6. The molecule has 0 saturated heterocycles. The van der Waals surface area contributed by atoms with E-state index in [4.69, 9.17) is 0 Å². The van der Waals surface area contributed by atoms with E-state index in [1.165, 1.54) is 0 Å². The summed E-state index contributed by atoms with van der Waals surface area (Å²) in [6.45, 7) is 1.90. The lowest BCUT2D eigenvalue weighted by Gasteiger charge is -2.05. The molecule has 0 aliphatic rings. The normalized spacial score (nSPS) is 12.8. The van der Waals surface area contributed by atoms with E-state index in [1.807, 2.05) is 0 Å². The molecule has 0 amide bonds. The van der Waals surface area contributed by atoms with Crippen LogP contribution in [0.25, 0.3) is 0 Å². The van der Waals surface area contributed by atoms with Crippen LogP contribution in [0.2, 0.25) is 0 Å². The van der Waals surface area contributed by atoms with Gasteiger partial charge in [-0.05, 0) is 5.92 Å². The molecule has 0 atom stereocenters. The highest BCUT2D eigenvalue weighted by Crippen LogP contribution is 2.28. The predicted octanol–water partition coefficient (Wildman–Crippen LogP) is 3.51. The average Bonchev–Trinajstić information content (AvgIpc) is 2.44. The first-order valence-electron chi connectivity index (χ1n) is 4.63. The molecule has 0 bridgehead atoms. The Bertz CT molecular complexity index is 328. The first-order valence-corrected chi connectivity index (χ1v) is 4.63. The lowest BCUT2D eigenvalue weighted by molar-refractivity contribution is -0.142. The van der Waals surface area contributed by atoms with Crippen LogP contribution in [0.15, 0.2) is 6.20 Å². The minimum atomic E-state index is -4.46. The molecule has 0 spiro atoms. The molecule has 1 heterocycles. The van der Waals surface area contributed by atoms with Crippen LogP contribution in [-0.4, -0.2) is 16.0 Å². The Morgan fingerprint density at radius 1 is 1.31 bits per heavy atom. The van der Waals surface area contributed by atoms with Gasteiger partial charge in [0.05, 0.1) is 0 Å². The highest BCUT2D eigenvalue weighted by Gasteiger charge is 2.30. The van der Waals surface area contributed by atoms with Gasteiger partial charge >= 0.3 is 6.18 Å². The third-order valence-electron chi connectivity index (χ3n) is 1.99. The van der Waals surface area contributed by atoms with Crippen LogP contribution < -0.4 is 0 Å². The minimum Gasteiger partial charge on any atom is -0.263 e. The van der Waals surface area contributed by atoms with Gasteiger partial charge in [-0.1, -0.05) is 13.8 Å². The van der Waals surface area contributed by atoms with Gasteiger partial charge in [-0.3, -0.25) is 4.68 Å². The van der Waals surface area contributed by atoms with Gasteiger partial charge in [0, 0.05) is 11.8 Å². The van der Waals surface area contributed by atoms with Gasteiger partial charge in [-0.15, -0.1) is 0 Å². The average molecular weight is 242 g/mol. The van der Waals surface area contributed by atoms with Crippen LogP contribution in [0.5, 0.6) is 0 Å². The zero-order valence-electron chi connectivity index (χ0n) is 8.72. The summed E-state index contributed by atoms with van der Waals surface area (Å²) in [6.07, 6.45) is -6.29. The lowest BCUT2D eigenvalue weighted by Crippen LogP contribution is -2.18. The van der Waals surface area contributed by atoms with Gasteiger partial charge in [0.2, 0.25) is 0 Å². The molecule has 0 N–H and O–H groups in total. The fourth-order valence-corrected chi connectivity index (χ4v) is 1.33. The van der Waals surface area contributed by atoms with E-state index in [-0.39, 0.29) is 11.5 Å². The minimum absolute atomic E-state index is 0.152. The highest BCUT2D eigenvalue weighted by molar-refractivity contribution is 5.21. The summed E-state index contributed by atoms with van der Waals surface area (Å²) in [6, 6.07) is 0. The molecule has 1 aromatic heterocycles. The number of nitrogens with zero attached hydrogens (tertiary/aromatic N) is 2. The van der Waals surface area contributed by atoms with E-state index in [0.29, 0.717) is 4.68 Å². The molecule has 1 rings (SSSR count). The zero-order valence-corrected chi connectivity index (χ0v) is 8.72. The summed E-state index contributed by atoms with van der Waals surface area (Å²) in [5.74, 6) is -0.286. The van der Waals surface area contributed by atoms with E-state index >= 15 is 0 Å². The van der Waals surface area contributed by atoms with Crippen molar-refractivity contribution in [1.29, 1.82) is 0 Å². The number of alkyl halides is 5. The molecule has 0 aliphatic carbocycles. The van der Waals surface area contributed by atoms with Gasteiger partial charge in [0.1, 0.15) is 12.2 Å². The van der Waals surface area contributed by atoms with Crippen LogP contribution in [0.3, 0.4) is 0 Å². The van der Waals surface area contributed by atoms with Gasteiger partial charge in [0.15, 0.2) is 0 Å². The predicted molar refractivity (Wildman–Crippen MR) is 47.3 cm³/mol. The Morgan fingerprint density at radius 2 is 1.88 bits per heavy atom. The van der Waals surface area contributed by atoms with Crippen molar-refractivity contribution in [2.24, 2.45) is 0 Å². The second kappa shape index (κ2) is 4.39. The standard InChI is InChI=1S/C9H11F5N2/c1-5(2)6-3-16(4-9(12,13)14)15-7(6)8(10)11/h3,5,8H,4H2,1-2H3. The summed E-state index contributed by atoms with van der Waals surface area (Å²) in [7, 11) is 0. The molecular weight excluding hydrogens is 231 g/mol. The van der Waals surface area contributed by atoms with Gasteiger partial charge in [-0.25, -0.2) is 8.78 Å². The molecule has 0 fully saturated rings. The Kier molecular flexibility index (Phi) is 3.54. The fourth-order valence-electron chi connectivity index (χ4n) is 1.33. The van der Waals surface area contributed by atoms with E-state index < -0.39 is 24.8 Å². The summed E-state index contributed by atoms with van der Waals surface area (Å²) in [4.78, 5) is 0. The topological polar surface area (TPSA) is 17.8 Å². The van der Waals surface area contributed by atoms with Crippen molar-refractivity contribution in [1.82, 2.24) is 9.78 Å². The van der Waals surface area contributed by atoms with Gasteiger partial charge in [0.25, 0.3) is 6.43 Å². The van der Waals surface area contributed by atoms with Crippen molar-refractivity contribution in [2.45, 2.75) is 38.9 Å². The first-order chi connectivity index (χ1) is 7.20. The number of halogens is 5. The second-order valence-electron chi connectivity index (χ2n) is 3.74. The number of rotatable bonds is 3. The largest absolute Gasteiger partial charge is 0.408 e. The summed E-state index contributed by atoms with van der Waals surface area (Å²) in [5, 5.41) is 3.26. The molecule has 2 nitrogen and oxygen atoms in total. The van der Waals surface area contributed by atoms with Gasteiger partial charge in [-0.2, -0.15) is 18.3 Å². The molecule has 1 aromatic rings. The zero-order chi connectivity index (χ0) is 12.5. The fraction of sp³-hybridized carbons (Fsp3) is 0.667. The van der Waals surface area contributed by atoms with Crippen molar-refractivity contribution in [2.75, 3.05) is 0 Å². The van der Waals surface area contributed by atoms with Crippen LogP contribution in [0.1, 0.15) is 37.4 Å². The van der Waals surface area contributed by atoms with Crippen molar-refractivity contribution in [3.8, 4) is 0 Å². The maximum absolute atomic E-state index is 12.5. The highest BCUT2D eigenvalue weighted by atomic mass is 19.4. The molecule has 92 valence electrons. The van der Waals surface area contributed by atoms with E-state index in [9.17, 15) is 22.0 Å². The number of hydrogen-bond acceptors (Lipinski definition) is 1. The van der Waals surface area contributed by atoms with Crippen molar-refractivity contribution < 1.29 is 22.0 Å². The summed E-state index contributed by atoms with van der Waals surface area (Å²) in [5.41, 5.74) is -0.418. The molecule has 0 radical (unpaired) electrons. The SMILES string of the molecule is CC(C)c1cn(CC(F)(F)F)nc1C(F)F. The van der Waals surface area contributed by atoms with E-state index in [1.54, 1.807) is 13.8 Å². The lowest BCUT2D eigenvalue weighted by atomic mass is 10.0. The van der Waals surface area contributed by atoms with Crippen LogP contribution >= 0.6 is 0 Å². The quantitative estimate of drug-likeness (QED) is 0.741. The molecule has 0 aromatic carbocycles. The molecular formula is C9H11F5N2. The van der Waals surface area contributed by atoms with Crippen molar-refractivity contribution >= 4 is 0 Å². The Balaban J connectivity index is 3.02. The van der Waals surface area contributed by atoms with Crippen LogP contribution in [0.4, 0.5) is 22.0 Å². The Labute approximate surface area is 89.1 Å². The third-order valence-corrected chi connectivity index (χ3v) is 1.99. The molecule has 7 heteroatoms. The molecule has 0 saturated carbocycles.